The topological polar surface area (TPSA) is 20.3 Å². The molecule has 1 fully saturated rings. The van der Waals surface area contributed by atoms with Crippen molar-refractivity contribution in [2.75, 3.05) is 6.54 Å². The number of carbonyl (C=O) groups is 1. The molecule has 0 aliphatic heterocycles. The lowest BCUT2D eigenvalue weighted by molar-refractivity contribution is -0.144. The van der Waals surface area contributed by atoms with Crippen LogP contribution in [0.3, 0.4) is 0 Å². The summed E-state index contributed by atoms with van der Waals surface area (Å²) in [4.78, 5) is 13.2. The number of hydrogen-bond donors (Lipinski definition) is 0. The maximum Gasteiger partial charge on any atom is 0.406 e. The lowest BCUT2D eigenvalue weighted by Gasteiger charge is -2.30. The Morgan fingerprint density at radius 1 is 1.43 bits per heavy atom. The number of benzene rings is 1. The number of nitrogens with zero attached hydrogens (tertiary/aromatic N) is 1. The van der Waals surface area contributed by atoms with E-state index in [1.165, 1.54) is 6.07 Å². The Bertz CT molecular complexity index is 542. The van der Waals surface area contributed by atoms with Gasteiger partial charge in [-0.15, -0.1) is 0 Å². The fourth-order valence-electron chi connectivity index (χ4n) is 2.24. The molecule has 0 radical (unpaired) electrons. The van der Waals surface area contributed by atoms with Crippen molar-refractivity contribution >= 4 is 21.8 Å². The van der Waals surface area contributed by atoms with Gasteiger partial charge in [0.05, 0.1) is 5.56 Å². The minimum absolute atomic E-state index is 0.0353. The van der Waals surface area contributed by atoms with Crippen molar-refractivity contribution in [2.24, 2.45) is 5.92 Å². The van der Waals surface area contributed by atoms with Gasteiger partial charge in [-0.3, -0.25) is 4.79 Å². The number of hydrogen-bond acceptors (Lipinski definition) is 1. The predicted molar refractivity (Wildman–Crippen MR) is 73.4 cm³/mol. The van der Waals surface area contributed by atoms with Crippen molar-refractivity contribution in [1.29, 1.82) is 0 Å². The fourth-order valence-corrected chi connectivity index (χ4v) is 2.77. The van der Waals surface area contributed by atoms with Crippen LogP contribution < -0.4 is 0 Å². The van der Waals surface area contributed by atoms with E-state index in [-0.39, 0.29) is 16.0 Å². The average molecular weight is 368 g/mol. The van der Waals surface area contributed by atoms with Crippen molar-refractivity contribution in [3.8, 4) is 0 Å². The Balaban J connectivity index is 2.28. The zero-order valence-electron chi connectivity index (χ0n) is 11.3. The van der Waals surface area contributed by atoms with Gasteiger partial charge in [-0.2, -0.15) is 13.2 Å². The zero-order valence-corrected chi connectivity index (χ0v) is 12.8. The van der Waals surface area contributed by atoms with Crippen LogP contribution in [-0.2, 0) is 0 Å². The van der Waals surface area contributed by atoms with Crippen LogP contribution in [0.25, 0.3) is 0 Å². The molecular weight excluding hydrogens is 354 g/mol. The highest BCUT2D eigenvalue weighted by atomic mass is 79.9. The van der Waals surface area contributed by atoms with Crippen molar-refractivity contribution in [2.45, 2.75) is 32.0 Å². The van der Waals surface area contributed by atoms with E-state index >= 15 is 0 Å². The Morgan fingerprint density at radius 3 is 2.52 bits per heavy atom. The SMILES string of the molecule is CC(C1CC1)N(CC(F)(F)F)C(=O)c1ccc(F)cc1Br. The van der Waals surface area contributed by atoms with Gasteiger partial charge in [-0.1, -0.05) is 0 Å². The number of halogens is 5. The molecule has 2 rings (SSSR count). The molecule has 0 N–H and O–H groups in total. The Morgan fingerprint density at radius 2 is 2.05 bits per heavy atom. The van der Waals surface area contributed by atoms with Gasteiger partial charge in [-0.25, -0.2) is 4.39 Å². The highest BCUT2D eigenvalue weighted by Gasteiger charge is 2.41. The quantitative estimate of drug-likeness (QED) is 0.722. The molecular formula is C14H14BrF4NO. The molecule has 0 bridgehead atoms. The summed E-state index contributed by atoms with van der Waals surface area (Å²) in [6.07, 6.45) is -2.81. The van der Waals surface area contributed by atoms with Crippen LogP contribution in [0.4, 0.5) is 17.6 Å². The molecule has 1 unspecified atom stereocenters. The average Bonchev–Trinajstić information content (AvgIpc) is 3.17. The van der Waals surface area contributed by atoms with E-state index in [0.717, 1.165) is 29.9 Å². The molecule has 1 aromatic rings. The molecule has 116 valence electrons. The molecule has 1 aliphatic carbocycles. The molecule has 0 aromatic heterocycles. The lowest BCUT2D eigenvalue weighted by Crippen LogP contribution is -2.45. The second-order valence-corrected chi connectivity index (χ2v) is 6.10. The summed E-state index contributed by atoms with van der Waals surface area (Å²) in [7, 11) is 0. The van der Waals surface area contributed by atoms with E-state index in [4.69, 9.17) is 0 Å². The van der Waals surface area contributed by atoms with Gasteiger partial charge in [0.1, 0.15) is 12.4 Å². The summed E-state index contributed by atoms with van der Waals surface area (Å²) in [5, 5.41) is 0. The highest BCUT2D eigenvalue weighted by molar-refractivity contribution is 9.10. The van der Waals surface area contributed by atoms with E-state index in [0.29, 0.717) is 0 Å². The van der Waals surface area contributed by atoms with E-state index in [1.54, 1.807) is 6.92 Å². The second kappa shape index (κ2) is 5.94. The maximum absolute atomic E-state index is 13.0. The molecule has 0 heterocycles. The molecule has 2 nitrogen and oxygen atoms in total. The van der Waals surface area contributed by atoms with Crippen LogP contribution in [0.2, 0.25) is 0 Å². The normalized spacial score (nSPS) is 16.7. The van der Waals surface area contributed by atoms with E-state index in [2.05, 4.69) is 15.9 Å². The molecule has 7 heteroatoms. The van der Waals surface area contributed by atoms with Crippen LogP contribution in [0.1, 0.15) is 30.1 Å². The Hall–Kier alpha value is -1.11. The first kappa shape index (κ1) is 16.3. The smallest absolute Gasteiger partial charge is 0.327 e. The standard InChI is InChI=1S/C14H14BrF4NO/c1-8(9-2-3-9)20(7-14(17,18)19)13(21)11-5-4-10(16)6-12(11)15/h4-6,8-9H,2-3,7H2,1H3. The Kier molecular flexibility index (Phi) is 4.60. The highest BCUT2D eigenvalue weighted by Crippen LogP contribution is 2.37. The van der Waals surface area contributed by atoms with Gasteiger partial charge in [-0.05, 0) is 59.8 Å². The first-order chi connectivity index (χ1) is 9.69. The summed E-state index contributed by atoms with van der Waals surface area (Å²) in [6.45, 7) is 0.325. The van der Waals surface area contributed by atoms with Crippen molar-refractivity contribution in [3.05, 3.63) is 34.1 Å². The molecule has 1 saturated carbocycles. The molecule has 21 heavy (non-hydrogen) atoms. The van der Waals surface area contributed by atoms with Crippen LogP contribution in [-0.4, -0.2) is 29.6 Å². The molecule has 0 saturated heterocycles. The summed E-state index contributed by atoms with van der Waals surface area (Å²) < 4.78 is 51.4. The van der Waals surface area contributed by atoms with Crippen LogP contribution >= 0.6 is 15.9 Å². The van der Waals surface area contributed by atoms with Gasteiger partial charge >= 0.3 is 6.18 Å². The lowest BCUT2D eigenvalue weighted by atomic mass is 10.1. The molecule has 1 atom stereocenters. The largest absolute Gasteiger partial charge is 0.406 e. The summed E-state index contributed by atoms with van der Waals surface area (Å²) in [6, 6.07) is 2.84. The van der Waals surface area contributed by atoms with Crippen molar-refractivity contribution in [3.63, 3.8) is 0 Å². The summed E-state index contributed by atoms with van der Waals surface area (Å²) in [5.74, 6) is -1.19. The van der Waals surface area contributed by atoms with E-state index < -0.39 is 30.5 Å². The van der Waals surface area contributed by atoms with Gasteiger partial charge in [0, 0.05) is 10.5 Å². The molecule has 0 spiro atoms. The van der Waals surface area contributed by atoms with Gasteiger partial charge in [0.25, 0.3) is 5.91 Å². The van der Waals surface area contributed by atoms with E-state index in [1.807, 2.05) is 0 Å². The first-order valence-corrected chi connectivity index (χ1v) is 7.31. The minimum Gasteiger partial charge on any atom is -0.327 e. The minimum atomic E-state index is -4.47. The number of alkyl halides is 3. The molecule has 1 aliphatic rings. The summed E-state index contributed by atoms with van der Waals surface area (Å²) in [5.41, 5.74) is 0.0353. The Labute approximate surface area is 128 Å². The summed E-state index contributed by atoms with van der Waals surface area (Å²) >= 11 is 3.03. The maximum atomic E-state index is 13.0. The van der Waals surface area contributed by atoms with Gasteiger partial charge < -0.3 is 4.90 Å². The van der Waals surface area contributed by atoms with Crippen molar-refractivity contribution < 1.29 is 22.4 Å². The second-order valence-electron chi connectivity index (χ2n) is 5.25. The van der Waals surface area contributed by atoms with E-state index in [9.17, 15) is 22.4 Å². The predicted octanol–water partition coefficient (Wildman–Crippen LogP) is 4.39. The first-order valence-electron chi connectivity index (χ1n) is 6.52. The third kappa shape index (κ3) is 4.18. The van der Waals surface area contributed by atoms with Gasteiger partial charge in [0.15, 0.2) is 0 Å². The van der Waals surface area contributed by atoms with Crippen LogP contribution in [0.15, 0.2) is 22.7 Å². The zero-order chi connectivity index (χ0) is 15.8. The van der Waals surface area contributed by atoms with Crippen LogP contribution in [0.5, 0.6) is 0 Å². The number of amides is 1. The number of rotatable bonds is 4. The fraction of sp³-hybridized carbons (Fsp3) is 0.500. The van der Waals surface area contributed by atoms with Gasteiger partial charge in [0.2, 0.25) is 0 Å². The van der Waals surface area contributed by atoms with Crippen molar-refractivity contribution in [1.82, 2.24) is 4.90 Å². The monoisotopic (exact) mass is 367 g/mol. The molecule has 1 aromatic carbocycles. The molecule has 1 amide bonds. The van der Waals surface area contributed by atoms with Crippen LogP contribution in [0, 0.1) is 11.7 Å². The third-order valence-electron chi connectivity index (χ3n) is 3.57. The third-order valence-corrected chi connectivity index (χ3v) is 4.22. The number of carbonyl (C=O) groups excluding carboxylic acids is 1.